The molecule has 1 aromatic carbocycles. The maximum absolute atomic E-state index is 14.9. The van der Waals surface area contributed by atoms with Crippen LogP contribution >= 0.6 is 0 Å². The molecule has 2 bridgehead atoms. The predicted octanol–water partition coefficient (Wildman–Crippen LogP) is 1.88. The highest BCUT2D eigenvalue weighted by Crippen LogP contribution is 2.63. The Balaban J connectivity index is 2.11. The van der Waals surface area contributed by atoms with Gasteiger partial charge in [0, 0.05) is 37.0 Å². The van der Waals surface area contributed by atoms with Gasteiger partial charge in [-0.3, -0.25) is 14.4 Å². The number of aliphatic hydroxyl groups excluding tert-OH is 2. The van der Waals surface area contributed by atoms with E-state index in [2.05, 4.69) is 0 Å². The van der Waals surface area contributed by atoms with Crippen molar-refractivity contribution in [3.05, 3.63) is 47.0 Å². The van der Waals surface area contributed by atoms with E-state index in [0.29, 0.717) is 5.57 Å². The number of aliphatic hydroxyl groups is 4. The Labute approximate surface area is 250 Å². The van der Waals surface area contributed by atoms with Gasteiger partial charge < -0.3 is 34.6 Å². The van der Waals surface area contributed by atoms with Crippen LogP contribution in [0.15, 0.2) is 41.5 Å². The standard InChI is InChI=1S/C32H42O11/c1-16-13-22(41-18(3)34)31(39,15-33)25-27(43-28(38)20-11-9-8-10-12-20)32(40)14-21(36)17(2)23(29(32,5)6)24(42-19(4)35)26(37)30(16,25)7/h8-12,16,21-22,24-25,27,33,36,39-40H,13-15H2,1-7H3/t16-,21-,22-,24+,25?,27-,30+,31-,32+/m0/s1. The Bertz CT molecular complexity index is 1340. The van der Waals surface area contributed by atoms with Crippen molar-refractivity contribution in [3.8, 4) is 0 Å². The highest BCUT2D eigenvalue weighted by atomic mass is 16.6. The van der Waals surface area contributed by atoms with E-state index in [1.54, 1.807) is 45.9 Å². The Kier molecular flexibility index (Phi) is 8.47. The second-order valence-electron chi connectivity index (χ2n) is 13.1. The van der Waals surface area contributed by atoms with Crippen LogP contribution in [0.3, 0.4) is 0 Å². The maximum atomic E-state index is 14.9. The second-order valence-corrected chi connectivity index (χ2v) is 13.1. The fraction of sp³-hybridized carbons (Fsp3) is 0.625. The largest absolute Gasteiger partial charge is 0.459 e. The molecule has 9 atom stereocenters. The summed E-state index contributed by atoms with van der Waals surface area (Å²) in [5, 5.41) is 47.3. The number of benzene rings is 1. The molecule has 0 aliphatic heterocycles. The molecule has 0 radical (unpaired) electrons. The third-order valence-electron chi connectivity index (χ3n) is 10.4. The molecule has 43 heavy (non-hydrogen) atoms. The molecule has 0 saturated heterocycles. The summed E-state index contributed by atoms with van der Waals surface area (Å²) in [5.41, 5.74) is -7.24. The molecule has 1 aromatic rings. The molecule has 4 rings (SSSR count). The van der Waals surface area contributed by atoms with Gasteiger partial charge in [-0.1, -0.05) is 45.9 Å². The fourth-order valence-corrected chi connectivity index (χ4v) is 7.83. The summed E-state index contributed by atoms with van der Waals surface area (Å²) >= 11 is 0. The lowest BCUT2D eigenvalue weighted by atomic mass is 9.44. The van der Waals surface area contributed by atoms with Crippen LogP contribution < -0.4 is 0 Å². The van der Waals surface area contributed by atoms with Gasteiger partial charge in [0.1, 0.15) is 23.4 Å². The first-order valence-corrected chi connectivity index (χ1v) is 14.5. The van der Waals surface area contributed by atoms with Crippen LogP contribution in [-0.2, 0) is 28.6 Å². The Morgan fingerprint density at radius 2 is 1.56 bits per heavy atom. The predicted molar refractivity (Wildman–Crippen MR) is 151 cm³/mol. The molecule has 4 N–H and O–H groups in total. The quantitative estimate of drug-likeness (QED) is 0.220. The van der Waals surface area contributed by atoms with Crippen molar-refractivity contribution in [1.82, 2.24) is 0 Å². The number of carbonyl (C=O) groups excluding carboxylic acids is 4. The number of fused-ring (bicyclic) bond motifs is 3. The van der Waals surface area contributed by atoms with E-state index in [9.17, 15) is 39.6 Å². The smallest absolute Gasteiger partial charge is 0.338 e. The monoisotopic (exact) mass is 602 g/mol. The summed E-state index contributed by atoms with van der Waals surface area (Å²) in [6.07, 6.45) is -6.50. The molecule has 0 amide bonds. The van der Waals surface area contributed by atoms with Crippen LogP contribution in [0, 0.1) is 22.7 Å². The first kappa shape index (κ1) is 32.8. The summed E-state index contributed by atoms with van der Waals surface area (Å²) in [5.74, 6) is -5.42. The van der Waals surface area contributed by atoms with E-state index in [1.165, 1.54) is 19.1 Å². The zero-order chi connectivity index (χ0) is 32.3. The van der Waals surface area contributed by atoms with Gasteiger partial charge >= 0.3 is 17.9 Å². The lowest BCUT2D eigenvalue weighted by Gasteiger charge is -2.64. The Morgan fingerprint density at radius 1 is 0.977 bits per heavy atom. The average Bonchev–Trinajstić information content (AvgIpc) is 2.93. The molecule has 0 spiro atoms. The molecule has 3 aliphatic carbocycles. The van der Waals surface area contributed by atoms with Crippen LogP contribution in [-0.4, -0.2) is 86.3 Å². The highest BCUT2D eigenvalue weighted by Gasteiger charge is 2.74. The van der Waals surface area contributed by atoms with Crippen LogP contribution in [0.25, 0.3) is 0 Å². The molecular weight excluding hydrogens is 560 g/mol. The van der Waals surface area contributed by atoms with Crippen molar-refractivity contribution < 1.29 is 53.8 Å². The number of hydrogen-bond donors (Lipinski definition) is 4. The van der Waals surface area contributed by atoms with E-state index in [0.717, 1.165) is 13.8 Å². The topological polar surface area (TPSA) is 177 Å². The number of rotatable bonds is 5. The van der Waals surface area contributed by atoms with E-state index >= 15 is 0 Å². The van der Waals surface area contributed by atoms with E-state index < -0.39 is 88.6 Å². The van der Waals surface area contributed by atoms with Gasteiger partial charge in [-0.2, -0.15) is 0 Å². The zero-order valence-electron chi connectivity index (χ0n) is 25.6. The Morgan fingerprint density at radius 3 is 2.09 bits per heavy atom. The summed E-state index contributed by atoms with van der Waals surface area (Å²) < 4.78 is 17.3. The lowest BCUT2D eigenvalue weighted by molar-refractivity contribution is -0.280. The fourth-order valence-electron chi connectivity index (χ4n) is 7.83. The van der Waals surface area contributed by atoms with E-state index in [4.69, 9.17) is 14.2 Å². The van der Waals surface area contributed by atoms with Crippen LogP contribution in [0.1, 0.15) is 71.7 Å². The molecule has 0 heterocycles. The minimum Gasteiger partial charge on any atom is -0.459 e. The summed E-state index contributed by atoms with van der Waals surface area (Å²) in [6, 6.07) is 7.92. The number of carbonyl (C=O) groups is 4. The van der Waals surface area contributed by atoms with Crippen molar-refractivity contribution in [2.75, 3.05) is 6.61 Å². The normalized spacial score (nSPS) is 38.7. The molecule has 236 valence electrons. The number of hydrogen-bond acceptors (Lipinski definition) is 11. The highest BCUT2D eigenvalue weighted by molar-refractivity contribution is 5.95. The van der Waals surface area contributed by atoms with Crippen molar-refractivity contribution in [3.63, 3.8) is 0 Å². The summed E-state index contributed by atoms with van der Waals surface area (Å²) in [7, 11) is 0. The summed E-state index contributed by atoms with van der Waals surface area (Å²) in [4.78, 5) is 53.2. The van der Waals surface area contributed by atoms with Crippen molar-refractivity contribution >= 4 is 23.7 Å². The van der Waals surface area contributed by atoms with Crippen molar-refractivity contribution in [2.45, 2.75) is 96.9 Å². The third-order valence-corrected chi connectivity index (χ3v) is 10.4. The minimum absolute atomic E-state index is 0.0794. The zero-order valence-corrected chi connectivity index (χ0v) is 25.6. The van der Waals surface area contributed by atoms with Crippen LogP contribution in [0.5, 0.6) is 0 Å². The molecule has 2 fully saturated rings. The molecule has 0 aromatic heterocycles. The first-order valence-electron chi connectivity index (χ1n) is 14.5. The van der Waals surface area contributed by atoms with Crippen LogP contribution in [0.2, 0.25) is 0 Å². The van der Waals surface area contributed by atoms with Gasteiger partial charge in [-0.05, 0) is 42.5 Å². The molecule has 2 saturated carbocycles. The summed E-state index contributed by atoms with van der Waals surface area (Å²) in [6.45, 7) is 9.18. The molecular formula is C32H42O11. The maximum Gasteiger partial charge on any atom is 0.338 e. The minimum atomic E-state index is -2.42. The number of esters is 3. The molecule has 11 nitrogen and oxygen atoms in total. The van der Waals surface area contributed by atoms with Crippen molar-refractivity contribution in [1.29, 1.82) is 0 Å². The molecule has 3 aliphatic rings. The van der Waals surface area contributed by atoms with Gasteiger partial charge in [-0.25, -0.2) is 4.79 Å². The number of ketones is 1. The van der Waals surface area contributed by atoms with E-state index in [-0.39, 0.29) is 24.0 Å². The third kappa shape index (κ3) is 4.90. The van der Waals surface area contributed by atoms with Gasteiger partial charge in [0.25, 0.3) is 0 Å². The number of ether oxygens (including phenoxy) is 3. The van der Waals surface area contributed by atoms with Crippen LogP contribution in [0.4, 0.5) is 0 Å². The van der Waals surface area contributed by atoms with Gasteiger partial charge in [0.2, 0.25) is 0 Å². The van der Waals surface area contributed by atoms with Gasteiger partial charge in [-0.15, -0.1) is 0 Å². The first-order chi connectivity index (χ1) is 19.9. The second kappa shape index (κ2) is 11.1. The van der Waals surface area contributed by atoms with Gasteiger partial charge in [0.15, 0.2) is 11.9 Å². The Hall–Kier alpha value is -3.12. The van der Waals surface area contributed by atoms with E-state index in [1.807, 2.05) is 0 Å². The molecule has 11 heteroatoms. The average molecular weight is 603 g/mol. The number of Topliss-reactive ketones (excluding diaryl/α,β-unsaturated/α-hetero) is 1. The lowest BCUT2D eigenvalue weighted by Crippen LogP contribution is -2.77. The SMILES string of the molecule is CC(=O)O[C@H]1C(=O)[C@@]2(C)C([C@H](OC(=O)c3ccccc3)[C@]3(O)C[C@H](O)C(C)=C1C3(C)C)[C@](O)(CO)[C@@H](OC(C)=O)C[C@@H]2C. The molecule has 1 unspecified atom stereocenters. The van der Waals surface area contributed by atoms with Crippen molar-refractivity contribution in [2.24, 2.45) is 22.7 Å². The van der Waals surface area contributed by atoms with Gasteiger partial charge in [0.05, 0.1) is 18.3 Å².